The van der Waals surface area contributed by atoms with Crippen molar-refractivity contribution in [1.82, 2.24) is 0 Å². The summed E-state index contributed by atoms with van der Waals surface area (Å²) >= 11 is 0. The van der Waals surface area contributed by atoms with Gasteiger partial charge in [0, 0.05) is 0 Å². The number of nitrogens with two attached hydrogens (primary N) is 1. The third-order valence-electron chi connectivity index (χ3n) is 2.79. The van der Waals surface area contributed by atoms with E-state index in [9.17, 15) is 5.11 Å². The zero-order chi connectivity index (χ0) is 12.5. The van der Waals surface area contributed by atoms with E-state index in [1.165, 1.54) is 0 Å². The van der Waals surface area contributed by atoms with Crippen LogP contribution < -0.4 is 5.73 Å². The van der Waals surface area contributed by atoms with Gasteiger partial charge in [-0.2, -0.15) is 0 Å². The highest BCUT2D eigenvalue weighted by atomic mass is 16.3. The number of hydrogen-bond acceptors (Lipinski definition) is 3. The van der Waals surface area contributed by atoms with Crippen LogP contribution in [0.4, 0.5) is 0 Å². The Morgan fingerprint density at radius 1 is 1.31 bits per heavy atom. The molecule has 1 aromatic carbocycles. The summed E-state index contributed by atoms with van der Waals surface area (Å²) in [5.41, 5.74) is 8.37. The molecule has 0 aliphatic heterocycles. The largest absolute Gasteiger partial charge is 0.508 e. The lowest BCUT2D eigenvalue weighted by Crippen LogP contribution is -2.17. The molecule has 16 heavy (non-hydrogen) atoms. The predicted octanol–water partition coefficient (Wildman–Crippen LogP) is 1.99. The van der Waals surface area contributed by atoms with Gasteiger partial charge < -0.3 is 15.9 Å². The molecule has 1 unspecified atom stereocenters. The number of benzene rings is 1. The number of aromatic hydroxyl groups is 1. The molecule has 0 fully saturated rings. The second-order valence-electron chi connectivity index (χ2n) is 5.27. The summed E-state index contributed by atoms with van der Waals surface area (Å²) in [6.45, 7) is 7.97. The van der Waals surface area contributed by atoms with Crippen LogP contribution in [0.15, 0.2) is 12.1 Å². The normalized spacial score (nSPS) is 13.9. The first-order chi connectivity index (χ1) is 7.27. The van der Waals surface area contributed by atoms with Gasteiger partial charge in [-0.25, -0.2) is 0 Å². The Morgan fingerprint density at radius 2 is 1.88 bits per heavy atom. The van der Waals surface area contributed by atoms with Crippen LogP contribution in [0.2, 0.25) is 0 Å². The van der Waals surface area contributed by atoms with Crippen molar-refractivity contribution in [2.45, 2.75) is 39.2 Å². The molecule has 0 saturated heterocycles. The molecule has 0 amide bonds. The zero-order valence-corrected chi connectivity index (χ0v) is 10.4. The van der Waals surface area contributed by atoms with E-state index in [4.69, 9.17) is 10.8 Å². The van der Waals surface area contributed by atoms with Gasteiger partial charge in [-0.05, 0) is 35.1 Å². The van der Waals surface area contributed by atoms with Crippen LogP contribution in [0.25, 0.3) is 0 Å². The second-order valence-corrected chi connectivity index (χ2v) is 5.27. The molecule has 0 aromatic heterocycles. The molecule has 1 rings (SSSR count). The smallest absolute Gasteiger partial charge is 0.119 e. The quantitative estimate of drug-likeness (QED) is 0.718. The topological polar surface area (TPSA) is 66.5 Å². The van der Waals surface area contributed by atoms with Gasteiger partial charge in [0.05, 0.1) is 12.6 Å². The van der Waals surface area contributed by atoms with Gasteiger partial charge in [-0.15, -0.1) is 0 Å². The highest BCUT2D eigenvalue weighted by Gasteiger charge is 2.20. The molecular weight excluding hydrogens is 202 g/mol. The summed E-state index contributed by atoms with van der Waals surface area (Å²) in [7, 11) is 0. The lowest BCUT2D eigenvalue weighted by Gasteiger charge is -2.23. The first kappa shape index (κ1) is 13.0. The van der Waals surface area contributed by atoms with E-state index in [0.717, 1.165) is 16.7 Å². The maximum atomic E-state index is 9.96. The first-order valence-electron chi connectivity index (χ1n) is 5.47. The highest BCUT2D eigenvalue weighted by Crippen LogP contribution is 2.34. The lowest BCUT2D eigenvalue weighted by molar-refractivity contribution is 0.267. The van der Waals surface area contributed by atoms with Gasteiger partial charge in [-0.3, -0.25) is 0 Å². The molecule has 1 atom stereocenters. The van der Waals surface area contributed by atoms with Crippen molar-refractivity contribution in [2.24, 2.45) is 5.73 Å². The van der Waals surface area contributed by atoms with Crippen LogP contribution in [0, 0.1) is 6.92 Å². The van der Waals surface area contributed by atoms with E-state index in [-0.39, 0.29) is 17.8 Å². The summed E-state index contributed by atoms with van der Waals surface area (Å²) in [6, 6.07) is 3.18. The van der Waals surface area contributed by atoms with E-state index in [0.29, 0.717) is 0 Å². The van der Waals surface area contributed by atoms with Gasteiger partial charge in [0.15, 0.2) is 0 Å². The van der Waals surface area contributed by atoms with E-state index in [1.54, 1.807) is 6.07 Å². The van der Waals surface area contributed by atoms with Crippen LogP contribution in [0.5, 0.6) is 5.75 Å². The van der Waals surface area contributed by atoms with Crippen molar-refractivity contribution in [3.8, 4) is 5.75 Å². The fourth-order valence-corrected chi connectivity index (χ4v) is 1.81. The van der Waals surface area contributed by atoms with Gasteiger partial charge in [0.2, 0.25) is 0 Å². The minimum absolute atomic E-state index is 0.101. The van der Waals surface area contributed by atoms with Gasteiger partial charge in [0.1, 0.15) is 5.75 Å². The third kappa shape index (κ3) is 2.54. The van der Waals surface area contributed by atoms with Crippen LogP contribution >= 0.6 is 0 Å². The Balaban J connectivity index is 3.28. The molecule has 0 aliphatic carbocycles. The average molecular weight is 223 g/mol. The molecular formula is C13H21NO2. The Morgan fingerprint density at radius 3 is 2.31 bits per heavy atom. The number of hydrogen-bond donors (Lipinski definition) is 3. The molecule has 3 nitrogen and oxygen atoms in total. The highest BCUT2D eigenvalue weighted by molar-refractivity contribution is 5.45. The monoisotopic (exact) mass is 223 g/mol. The summed E-state index contributed by atoms with van der Waals surface area (Å²) < 4.78 is 0. The number of aryl methyl sites for hydroxylation is 1. The molecule has 0 radical (unpaired) electrons. The van der Waals surface area contributed by atoms with E-state index in [2.05, 4.69) is 0 Å². The summed E-state index contributed by atoms with van der Waals surface area (Å²) in [5, 5.41) is 19.0. The number of rotatable bonds is 2. The van der Waals surface area contributed by atoms with Crippen molar-refractivity contribution >= 4 is 0 Å². The van der Waals surface area contributed by atoms with Crippen LogP contribution in [-0.4, -0.2) is 16.8 Å². The van der Waals surface area contributed by atoms with Crippen LogP contribution in [0.1, 0.15) is 43.5 Å². The maximum Gasteiger partial charge on any atom is 0.119 e. The minimum Gasteiger partial charge on any atom is -0.508 e. The van der Waals surface area contributed by atoms with Crippen LogP contribution in [0.3, 0.4) is 0 Å². The molecule has 0 aliphatic rings. The number of aliphatic hydroxyl groups excluding tert-OH is 1. The van der Waals surface area contributed by atoms with E-state index >= 15 is 0 Å². The van der Waals surface area contributed by atoms with Crippen molar-refractivity contribution in [2.75, 3.05) is 6.61 Å². The molecule has 1 aromatic rings. The van der Waals surface area contributed by atoms with Crippen molar-refractivity contribution < 1.29 is 10.2 Å². The Hall–Kier alpha value is -1.06. The van der Waals surface area contributed by atoms with Crippen molar-refractivity contribution in [3.63, 3.8) is 0 Å². The molecule has 0 heterocycles. The summed E-state index contributed by atoms with van der Waals surface area (Å²) in [6.07, 6.45) is 0. The molecule has 0 saturated carbocycles. The van der Waals surface area contributed by atoms with Gasteiger partial charge in [0.25, 0.3) is 0 Å². The molecule has 3 heteroatoms. The first-order valence-corrected chi connectivity index (χ1v) is 5.47. The fraction of sp³-hybridized carbons (Fsp3) is 0.538. The zero-order valence-electron chi connectivity index (χ0n) is 10.4. The molecule has 0 bridgehead atoms. The van der Waals surface area contributed by atoms with E-state index < -0.39 is 6.04 Å². The number of phenolic OH excluding ortho intramolecular Hbond substituents is 1. The molecule has 4 N–H and O–H groups in total. The van der Waals surface area contributed by atoms with Crippen molar-refractivity contribution in [3.05, 3.63) is 28.8 Å². The Labute approximate surface area is 96.9 Å². The standard InChI is InChI=1S/C13H21NO2/c1-8-5-10(13(2,3)4)12(16)6-9(8)11(14)7-15/h5-6,11,15-16H,7,14H2,1-4H3. The second kappa shape index (κ2) is 4.44. The number of aliphatic hydroxyl groups is 1. The molecule has 0 spiro atoms. The molecule has 90 valence electrons. The SMILES string of the molecule is Cc1cc(C(C)(C)C)c(O)cc1C(N)CO. The van der Waals surface area contributed by atoms with E-state index in [1.807, 2.05) is 33.8 Å². The predicted molar refractivity (Wildman–Crippen MR) is 65.6 cm³/mol. The van der Waals surface area contributed by atoms with Crippen molar-refractivity contribution in [1.29, 1.82) is 0 Å². The minimum atomic E-state index is -0.431. The van der Waals surface area contributed by atoms with Gasteiger partial charge >= 0.3 is 0 Å². The Bertz CT molecular complexity index is 380. The Kier molecular flexibility index (Phi) is 3.61. The lowest BCUT2D eigenvalue weighted by atomic mass is 9.84. The third-order valence-corrected chi connectivity index (χ3v) is 2.79. The summed E-state index contributed by atoms with van der Waals surface area (Å²) in [5.74, 6) is 0.247. The maximum absolute atomic E-state index is 9.96. The number of phenols is 1. The van der Waals surface area contributed by atoms with Gasteiger partial charge in [-0.1, -0.05) is 26.8 Å². The average Bonchev–Trinajstić information content (AvgIpc) is 2.18. The fourth-order valence-electron chi connectivity index (χ4n) is 1.81. The van der Waals surface area contributed by atoms with Crippen LogP contribution in [-0.2, 0) is 5.41 Å². The summed E-state index contributed by atoms with van der Waals surface area (Å²) in [4.78, 5) is 0.